The first-order valence-corrected chi connectivity index (χ1v) is 3.57. The van der Waals surface area contributed by atoms with Crippen LogP contribution in [0.25, 0.3) is 0 Å². The molecule has 1 aliphatic heterocycles. The zero-order valence-electron chi connectivity index (χ0n) is 6.69. The third-order valence-electron chi connectivity index (χ3n) is 1.41. The summed E-state index contributed by atoms with van der Waals surface area (Å²) in [5, 5.41) is 9.21. The van der Waals surface area contributed by atoms with Gasteiger partial charge in [-0.15, -0.1) is 0 Å². The lowest BCUT2D eigenvalue weighted by atomic mass is 9.97. The second-order valence-electron chi connectivity index (χ2n) is 2.54. The molecular formula is C7H9BO4. The molecule has 2 atom stereocenters. The Morgan fingerprint density at radius 2 is 2.58 bits per heavy atom. The van der Waals surface area contributed by atoms with E-state index in [9.17, 15) is 9.90 Å². The highest BCUT2D eigenvalue weighted by molar-refractivity contribution is 6.11. The van der Waals surface area contributed by atoms with Crippen molar-refractivity contribution in [2.24, 2.45) is 0 Å². The van der Waals surface area contributed by atoms with Crippen molar-refractivity contribution in [1.29, 1.82) is 0 Å². The standard InChI is InChI=1S/C7H9BO4/c1-4(9)11-3-6-5(10)2-7(8)12-6/h3,5,7,10H,2H2,1H3/b6-3+/t5-,7-/m0/s1. The number of hydrogen-bond donors (Lipinski definition) is 1. The molecule has 1 heterocycles. The Labute approximate surface area is 71.6 Å². The van der Waals surface area contributed by atoms with Gasteiger partial charge in [-0.1, -0.05) is 0 Å². The summed E-state index contributed by atoms with van der Waals surface area (Å²) in [6, 6.07) is -0.512. The zero-order chi connectivity index (χ0) is 9.14. The van der Waals surface area contributed by atoms with E-state index in [1.54, 1.807) is 0 Å². The smallest absolute Gasteiger partial charge is 0.307 e. The lowest BCUT2D eigenvalue weighted by molar-refractivity contribution is -0.135. The topological polar surface area (TPSA) is 55.8 Å². The Morgan fingerprint density at radius 3 is 3.00 bits per heavy atom. The lowest BCUT2D eigenvalue weighted by Gasteiger charge is -2.03. The van der Waals surface area contributed by atoms with Crippen LogP contribution in [0.4, 0.5) is 0 Å². The second-order valence-corrected chi connectivity index (χ2v) is 2.54. The van der Waals surface area contributed by atoms with Crippen LogP contribution in [0.2, 0.25) is 0 Å². The van der Waals surface area contributed by atoms with Crippen LogP contribution in [-0.2, 0) is 14.3 Å². The molecule has 0 spiro atoms. The van der Waals surface area contributed by atoms with E-state index in [1.165, 1.54) is 6.92 Å². The molecule has 0 unspecified atom stereocenters. The molecule has 0 aliphatic carbocycles. The van der Waals surface area contributed by atoms with Crippen molar-refractivity contribution in [3.8, 4) is 0 Å². The first-order valence-electron chi connectivity index (χ1n) is 3.57. The van der Waals surface area contributed by atoms with E-state index in [2.05, 4.69) is 4.74 Å². The Morgan fingerprint density at radius 1 is 1.92 bits per heavy atom. The van der Waals surface area contributed by atoms with E-state index in [4.69, 9.17) is 12.6 Å². The highest BCUT2D eigenvalue weighted by Gasteiger charge is 2.26. The fourth-order valence-electron chi connectivity index (χ4n) is 0.885. The molecule has 0 aromatic heterocycles. The highest BCUT2D eigenvalue weighted by atomic mass is 16.6. The minimum Gasteiger partial charge on any atom is -0.499 e. The molecule has 2 radical (unpaired) electrons. The van der Waals surface area contributed by atoms with Crippen LogP contribution in [0.1, 0.15) is 13.3 Å². The van der Waals surface area contributed by atoms with Gasteiger partial charge < -0.3 is 14.6 Å². The summed E-state index contributed by atoms with van der Waals surface area (Å²) < 4.78 is 9.44. The molecule has 64 valence electrons. The van der Waals surface area contributed by atoms with Gasteiger partial charge >= 0.3 is 5.97 Å². The van der Waals surface area contributed by atoms with Gasteiger partial charge in [0.2, 0.25) is 0 Å². The maximum absolute atomic E-state index is 10.4. The molecule has 1 saturated heterocycles. The monoisotopic (exact) mass is 168 g/mol. The number of esters is 1. The van der Waals surface area contributed by atoms with E-state index in [-0.39, 0.29) is 5.76 Å². The van der Waals surface area contributed by atoms with E-state index < -0.39 is 18.1 Å². The molecule has 1 aliphatic rings. The van der Waals surface area contributed by atoms with Crippen LogP contribution < -0.4 is 0 Å². The van der Waals surface area contributed by atoms with Gasteiger partial charge in [-0.3, -0.25) is 4.79 Å². The largest absolute Gasteiger partial charge is 0.499 e. The van der Waals surface area contributed by atoms with E-state index in [0.717, 1.165) is 6.26 Å². The normalized spacial score (nSPS) is 31.7. The molecule has 0 saturated carbocycles. The van der Waals surface area contributed by atoms with Crippen molar-refractivity contribution < 1.29 is 19.4 Å². The first-order chi connectivity index (χ1) is 5.59. The fraction of sp³-hybridized carbons (Fsp3) is 0.571. The van der Waals surface area contributed by atoms with Gasteiger partial charge in [-0.05, 0) is 0 Å². The average Bonchev–Trinajstić information content (AvgIpc) is 2.26. The van der Waals surface area contributed by atoms with Gasteiger partial charge in [0.05, 0.1) is 6.00 Å². The van der Waals surface area contributed by atoms with Gasteiger partial charge in [0.1, 0.15) is 20.2 Å². The summed E-state index contributed by atoms with van der Waals surface area (Å²) in [6.45, 7) is 1.26. The molecule has 5 heteroatoms. The lowest BCUT2D eigenvalue weighted by Crippen LogP contribution is -2.05. The number of aliphatic hydroxyl groups is 1. The van der Waals surface area contributed by atoms with Crippen molar-refractivity contribution in [1.82, 2.24) is 0 Å². The Hall–Kier alpha value is -0.965. The fourth-order valence-corrected chi connectivity index (χ4v) is 0.885. The van der Waals surface area contributed by atoms with Gasteiger partial charge in [0.25, 0.3) is 0 Å². The van der Waals surface area contributed by atoms with Crippen LogP contribution in [0.15, 0.2) is 12.0 Å². The van der Waals surface area contributed by atoms with Crippen molar-refractivity contribution in [3.63, 3.8) is 0 Å². The average molecular weight is 168 g/mol. The highest BCUT2D eigenvalue weighted by Crippen LogP contribution is 2.21. The van der Waals surface area contributed by atoms with E-state index in [1.807, 2.05) is 0 Å². The quantitative estimate of drug-likeness (QED) is 0.330. The first kappa shape index (κ1) is 9.13. The van der Waals surface area contributed by atoms with Gasteiger partial charge in [-0.25, -0.2) is 0 Å². The maximum atomic E-state index is 10.4. The van der Waals surface area contributed by atoms with Crippen LogP contribution in [-0.4, -0.2) is 31.0 Å². The third kappa shape index (κ3) is 2.27. The zero-order valence-corrected chi connectivity index (χ0v) is 6.69. The molecule has 0 amide bonds. The predicted octanol–water partition coefficient (Wildman–Crippen LogP) is -0.333. The number of aliphatic hydroxyl groups excluding tert-OH is 1. The number of hydrogen-bond acceptors (Lipinski definition) is 4. The Balaban J connectivity index is 2.51. The number of rotatable bonds is 1. The van der Waals surface area contributed by atoms with Crippen molar-refractivity contribution in [3.05, 3.63) is 12.0 Å². The molecule has 12 heavy (non-hydrogen) atoms. The molecule has 4 nitrogen and oxygen atoms in total. The SMILES string of the molecule is [B][C@@H]1C[C@H](O)/C(=C\OC(C)=O)O1. The van der Waals surface area contributed by atoms with Crippen molar-refractivity contribution >= 4 is 13.8 Å². The van der Waals surface area contributed by atoms with Crippen LogP contribution in [0.5, 0.6) is 0 Å². The van der Waals surface area contributed by atoms with Crippen molar-refractivity contribution in [2.45, 2.75) is 25.5 Å². The Bertz CT molecular complexity index is 213. The van der Waals surface area contributed by atoms with Gasteiger partial charge in [0, 0.05) is 13.3 Å². The predicted molar refractivity (Wildman–Crippen MR) is 41.1 cm³/mol. The van der Waals surface area contributed by atoms with Gasteiger partial charge in [-0.2, -0.15) is 0 Å². The number of ether oxygens (including phenoxy) is 2. The Kier molecular flexibility index (Phi) is 2.76. The van der Waals surface area contributed by atoms with E-state index in [0.29, 0.717) is 6.42 Å². The van der Waals surface area contributed by atoms with Crippen LogP contribution >= 0.6 is 0 Å². The molecular weight excluding hydrogens is 159 g/mol. The summed E-state index contributed by atoms with van der Waals surface area (Å²) in [5.41, 5.74) is 0. The molecule has 1 rings (SSSR count). The summed E-state index contributed by atoms with van der Waals surface area (Å²) in [5.74, 6) is -0.253. The molecule has 1 N–H and O–H groups in total. The molecule has 0 aromatic carbocycles. The van der Waals surface area contributed by atoms with Crippen molar-refractivity contribution in [2.75, 3.05) is 0 Å². The summed E-state index contributed by atoms with van der Waals surface area (Å²) in [6.07, 6.45) is 0.645. The van der Waals surface area contributed by atoms with Gasteiger partial charge in [0.15, 0.2) is 5.76 Å². The second kappa shape index (κ2) is 3.62. The minimum atomic E-state index is -0.764. The number of carbonyl (C=O) groups excluding carboxylic acids is 1. The molecule has 0 bridgehead atoms. The van der Waals surface area contributed by atoms with Crippen LogP contribution in [0.3, 0.4) is 0 Å². The molecule has 1 fully saturated rings. The molecule has 0 aromatic rings. The number of carbonyl (C=O) groups is 1. The maximum Gasteiger partial charge on any atom is 0.307 e. The summed E-state index contributed by atoms with van der Waals surface area (Å²) in [4.78, 5) is 10.4. The third-order valence-corrected chi connectivity index (χ3v) is 1.41. The van der Waals surface area contributed by atoms with Crippen LogP contribution in [0, 0.1) is 0 Å². The van der Waals surface area contributed by atoms with E-state index >= 15 is 0 Å². The minimum absolute atomic E-state index is 0.206. The summed E-state index contributed by atoms with van der Waals surface area (Å²) in [7, 11) is 5.36. The summed E-state index contributed by atoms with van der Waals surface area (Å²) >= 11 is 0.